The highest BCUT2D eigenvalue weighted by Crippen LogP contribution is 2.43. The number of benzene rings is 5. The predicted molar refractivity (Wildman–Crippen MR) is 230 cm³/mol. The Kier molecular flexibility index (Phi) is 13.1. The lowest BCUT2D eigenvalue weighted by atomic mass is 9.64. The zero-order chi connectivity index (χ0) is 40.9. The van der Waals surface area contributed by atoms with Crippen molar-refractivity contribution in [1.29, 1.82) is 0 Å². The first kappa shape index (κ1) is 40.5. The number of allylic oxidation sites excluding steroid dienone is 1. The molecular formula is C50H51N5O4. The molecule has 1 aliphatic rings. The summed E-state index contributed by atoms with van der Waals surface area (Å²) in [5, 5.41) is 5.98. The molecule has 1 atom stereocenters. The van der Waals surface area contributed by atoms with Gasteiger partial charge in [0.05, 0.1) is 18.6 Å². The molecule has 300 valence electrons. The first-order valence-electron chi connectivity index (χ1n) is 20.3. The van der Waals surface area contributed by atoms with Crippen LogP contribution in [0.4, 0.5) is 4.79 Å². The summed E-state index contributed by atoms with van der Waals surface area (Å²) >= 11 is 0. The zero-order valence-corrected chi connectivity index (χ0v) is 33.5. The number of carbonyl (C=O) groups excluding carboxylic acids is 3. The maximum atomic E-state index is 14.7. The lowest BCUT2D eigenvalue weighted by Gasteiger charge is -2.42. The van der Waals surface area contributed by atoms with Crippen molar-refractivity contribution < 1.29 is 19.1 Å². The summed E-state index contributed by atoms with van der Waals surface area (Å²) in [5.41, 5.74) is 4.74. The smallest absolute Gasteiger partial charge is 0.408 e. The van der Waals surface area contributed by atoms with Crippen molar-refractivity contribution in [2.24, 2.45) is 0 Å². The first-order chi connectivity index (χ1) is 28.9. The van der Waals surface area contributed by atoms with Gasteiger partial charge in [0.25, 0.3) is 0 Å². The average Bonchev–Trinajstić information content (AvgIpc) is 3.74. The van der Waals surface area contributed by atoms with Gasteiger partial charge in [0, 0.05) is 31.1 Å². The van der Waals surface area contributed by atoms with Crippen LogP contribution in [0.3, 0.4) is 0 Å². The monoisotopic (exact) mass is 785 g/mol. The van der Waals surface area contributed by atoms with Crippen LogP contribution in [-0.4, -0.2) is 58.0 Å². The van der Waals surface area contributed by atoms with Crippen molar-refractivity contribution in [3.63, 3.8) is 0 Å². The van der Waals surface area contributed by atoms with Crippen molar-refractivity contribution in [3.05, 3.63) is 210 Å². The Balaban J connectivity index is 1.18. The fourth-order valence-electron chi connectivity index (χ4n) is 8.10. The Morgan fingerprint density at radius 1 is 0.797 bits per heavy atom. The third kappa shape index (κ3) is 9.36. The predicted octanol–water partition coefficient (Wildman–Crippen LogP) is 8.20. The van der Waals surface area contributed by atoms with Gasteiger partial charge in [0.15, 0.2) is 0 Å². The molecular weight excluding hydrogens is 735 g/mol. The van der Waals surface area contributed by atoms with E-state index in [4.69, 9.17) is 9.72 Å². The van der Waals surface area contributed by atoms with Crippen LogP contribution >= 0.6 is 0 Å². The molecule has 2 N–H and O–H groups in total. The highest BCUT2D eigenvalue weighted by atomic mass is 16.5. The zero-order valence-electron chi connectivity index (χ0n) is 33.5. The third-order valence-electron chi connectivity index (χ3n) is 11.3. The molecule has 1 fully saturated rings. The minimum absolute atomic E-state index is 0.0316. The van der Waals surface area contributed by atoms with E-state index in [1.54, 1.807) is 6.33 Å². The summed E-state index contributed by atoms with van der Waals surface area (Å²) in [4.78, 5) is 48.1. The van der Waals surface area contributed by atoms with Gasteiger partial charge >= 0.3 is 6.09 Å². The van der Waals surface area contributed by atoms with Crippen LogP contribution in [0.1, 0.15) is 59.7 Å². The van der Waals surface area contributed by atoms with Gasteiger partial charge < -0.3 is 24.8 Å². The van der Waals surface area contributed by atoms with E-state index in [1.165, 1.54) is 10.5 Å². The lowest BCUT2D eigenvalue weighted by Crippen LogP contribution is -2.53. The van der Waals surface area contributed by atoms with E-state index >= 15 is 0 Å². The molecule has 7 rings (SSSR count). The van der Waals surface area contributed by atoms with Gasteiger partial charge in [-0.2, -0.15) is 0 Å². The number of hydrogen-bond donors (Lipinski definition) is 2. The molecule has 1 aliphatic carbocycles. The summed E-state index contributed by atoms with van der Waals surface area (Å²) in [7, 11) is 0. The summed E-state index contributed by atoms with van der Waals surface area (Å²) in [6.07, 6.45) is 9.77. The maximum Gasteiger partial charge on any atom is 0.408 e. The van der Waals surface area contributed by atoms with Crippen molar-refractivity contribution in [2.45, 2.75) is 56.2 Å². The standard InChI is InChI=1S/C50H51N5O4/c1-2-3-32-54(35-46(56)51-37-49(30-19-31-49)40-22-11-5-12-23-40)47(57)45(53-48(58)59-36-39-20-9-4-10-21-39)33-44-34-55(38-52-44)50(41-24-13-6-14-25-41,42-26-15-7-16-27-42)43-28-17-8-18-29-43/h2-18,20-29,34,38,45H,19,30-33,35-37H2,1H3,(H,51,56)(H,53,58)/b3-2+. The van der Waals surface area contributed by atoms with Gasteiger partial charge in [0.2, 0.25) is 11.8 Å². The second-order valence-electron chi connectivity index (χ2n) is 15.1. The highest BCUT2D eigenvalue weighted by Gasteiger charge is 2.40. The SMILES string of the molecule is C/C=C/CN(CC(=O)NCC1(c2ccccc2)CCC1)C(=O)C(Cc1cn(C(c2ccccc2)(c2ccccc2)c2ccccc2)cn1)NC(=O)OCc1ccccc1. The summed E-state index contributed by atoms with van der Waals surface area (Å²) < 4.78 is 7.69. The van der Waals surface area contributed by atoms with Gasteiger partial charge in [-0.25, -0.2) is 9.78 Å². The fourth-order valence-corrected chi connectivity index (χ4v) is 8.10. The van der Waals surface area contributed by atoms with Crippen LogP contribution in [0.25, 0.3) is 0 Å². The quantitative estimate of drug-likeness (QED) is 0.0717. The number of nitrogens with zero attached hydrogens (tertiary/aromatic N) is 3. The molecule has 1 heterocycles. The van der Waals surface area contributed by atoms with Gasteiger partial charge in [-0.3, -0.25) is 9.59 Å². The molecule has 9 heteroatoms. The minimum atomic E-state index is -1.10. The van der Waals surface area contributed by atoms with E-state index in [0.717, 1.165) is 41.5 Å². The van der Waals surface area contributed by atoms with E-state index in [-0.39, 0.29) is 37.4 Å². The summed E-state index contributed by atoms with van der Waals surface area (Å²) in [6, 6.07) is 49.3. The topological polar surface area (TPSA) is 106 Å². The Morgan fingerprint density at radius 3 is 1.86 bits per heavy atom. The van der Waals surface area contributed by atoms with Crippen molar-refractivity contribution in [3.8, 4) is 0 Å². The average molecular weight is 786 g/mol. The number of rotatable bonds is 17. The Hall–Kier alpha value is -6.74. The van der Waals surface area contributed by atoms with Gasteiger partial charge in [0.1, 0.15) is 18.2 Å². The van der Waals surface area contributed by atoms with Crippen molar-refractivity contribution >= 4 is 17.9 Å². The Morgan fingerprint density at radius 2 is 1.34 bits per heavy atom. The Bertz CT molecular complexity index is 2200. The van der Waals surface area contributed by atoms with Gasteiger partial charge in [-0.05, 0) is 47.6 Å². The first-order valence-corrected chi connectivity index (χ1v) is 20.3. The van der Waals surface area contributed by atoms with Crippen molar-refractivity contribution in [1.82, 2.24) is 25.1 Å². The number of alkyl carbamates (subject to hydrolysis) is 1. The molecule has 1 aromatic heterocycles. The largest absolute Gasteiger partial charge is 0.445 e. The third-order valence-corrected chi connectivity index (χ3v) is 11.3. The molecule has 0 bridgehead atoms. The number of nitrogens with one attached hydrogen (secondary N) is 2. The van der Waals surface area contributed by atoms with Crippen LogP contribution in [0.2, 0.25) is 0 Å². The van der Waals surface area contributed by atoms with Crippen LogP contribution < -0.4 is 10.6 Å². The van der Waals surface area contributed by atoms with E-state index < -0.39 is 23.6 Å². The fraction of sp³-hybridized carbons (Fsp3) is 0.240. The molecule has 6 aromatic rings. The van der Waals surface area contributed by atoms with Gasteiger partial charge in [-0.1, -0.05) is 170 Å². The second kappa shape index (κ2) is 19.1. The summed E-state index contributed by atoms with van der Waals surface area (Å²) in [6.45, 7) is 2.38. The number of imidazole rings is 1. The van der Waals surface area contributed by atoms with E-state index in [2.05, 4.69) is 63.7 Å². The number of ether oxygens (including phenoxy) is 1. The highest BCUT2D eigenvalue weighted by molar-refractivity contribution is 5.90. The number of carbonyl (C=O) groups is 3. The molecule has 1 saturated carbocycles. The Labute approximate surface area is 346 Å². The molecule has 0 aliphatic heterocycles. The second-order valence-corrected chi connectivity index (χ2v) is 15.1. The molecule has 0 radical (unpaired) electrons. The van der Waals surface area contributed by atoms with Crippen LogP contribution in [0.5, 0.6) is 0 Å². The molecule has 9 nitrogen and oxygen atoms in total. The van der Waals surface area contributed by atoms with E-state index in [9.17, 15) is 14.4 Å². The van der Waals surface area contributed by atoms with Crippen molar-refractivity contribution in [2.75, 3.05) is 19.6 Å². The maximum absolute atomic E-state index is 14.7. The lowest BCUT2D eigenvalue weighted by molar-refractivity contribution is -0.137. The van der Waals surface area contributed by atoms with E-state index in [0.29, 0.717) is 12.2 Å². The van der Waals surface area contributed by atoms with Crippen LogP contribution in [0, 0.1) is 0 Å². The van der Waals surface area contributed by atoms with Crippen LogP contribution in [-0.2, 0) is 38.3 Å². The summed E-state index contributed by atoms with van der Waals surface area (Å²) in [5.74, 6) is -0.690. The van der Waals surface area contributed by atoms with Crippen LogP contribution in [0.15, 0.2) is 176 Å². The molecule has 0 spiro atoms. The van der Waals surface area contributed by atoms with Gasteiger partial charge in [-0.15, -0.1) is 0 Å². The molecule has 59 heavy (non-hydrogen) atoms. The molecule has 3 amide bonds. The number of amides is 3. The normalized spacial score (nSPS) is 13.8. The number of aromatic nitrogens is 2. The number of hydrogen-bond acceptors (Lipinski definition) is 5. The molecule has 5 aromatic carbocycles. The molecule has 0 saturated heterocycles. The molecule has 1 unspecified atom stereocenters. The van der Waals surface area contributed by atoms with E-state index in [1.807, 2.05) is 128 Å². The minimum Gasteiger partial charge on any atom is -0.445 e.